The van der Waals surface area contributed by atoms with E-state index in [2.05, 4.69) is 27.4 Å². The zero-order chi connectivity index (χ0) is 18.4. The predicted molar refractivity (Wildman–Crippen MR) is 101 cm³/mol. The third kappa shape index (κ3) is 4.33. The number of carbonyl (C=O) groups is 1. The smallest absolute Gasteiger partial charge is 0.291 e. The summed E-state index contributed by atoms with van der Waals surface area (Å²) >= 11 is 0. The molecule has 0 radical (unpaired) electrons. The molecule has 134 valence electrons. The Morgan fingerprint density at radius 2 is 1.96 bits per heavy atom. The second-order valence-electron chi connectivity index (χ2n) is 6.23. The predicted octanol–water partition coefficient (Wildman–Crippen LogP) is 3.76. The summed E-state index contributed by atoms with van der Waals surface area (Å²) < 4.78 is 5.15. The summed E-state index contributed by atoms with van der Waals surface area (Å²) in [5, 5.41) is 4.08. The fourth-order valence-electron chi connectivity index (χ4n) is 2.86. The number of rotatable bonds is 5. The van der Waals surface area contributed by atoms with Gasteiger partial charge in [-0.2, -0.15) is 5.10 Å². The molecule has 0 unspecified atom stereocenters. The fourth-order valence-corrected chi connectivity index (χ4v) is 2.86. The van der Waals surface area contributed by atoms with Crippen LogP contribution in [0.3, 0.4) is 0 Å². The monoisotopic (exact) mass is 350 g/mol. The van der Waals surface area contributed by atoms with Crippen LogP contribution in [0.2, 0.25) is 0 Å². The first kappa shape index (κ1) is 17.8. The normalized spacial score (nSPS) is 14.5. The third-order valence-electron chi connectivity index (χ3n) is 4.44. The van der Waals surface area contributed by atoms with Gasteiger partial charge in [-0.3, -0.25) is 9.78 Å². The van der Waals surface area contributed by atoms with Crippen molar-refractivity contribution in [2.75, 3.05) is 7.11 Å². The highest BCUT2D eigenvalue weighted by Gasteiger charge is 2.10. The Balaban J connectivity index is 1.69. The lowest BCUT2D eigenvalue weighted by atomic mass is 9.94. The highest BCUT2D eigenvalue weighted by Crippen LogP contribution is 2.22. The molecule has 1 aliphatic carbocycles. The summed E-state index contributed by atoms with van der Waals surface area (Å²) in [6.45, 7) is 2.12. The second-order valence-corrected chi connectivity index (χ2v) is 6.23. The van der Waals surface area contributed by atoms with Crippen molar-refractivity contribution in [3.63, 3.8) is 0 Å². The second kappa shape index (κ2) is 8.38. The SMILES string of the molecule is COc1ccc(-c2cncc(C(=O)N/N=C/C3=C(C)CCCC3)n2)cc1. The zero-order valence-corrected chi connectivity index (χ0v) is 15.0. The molecule has 1 amide bonds. The number of hydrogen-bond acceptors (Lipinski definition) is 5. The van der Waals surface area contributed by atoms with Crippen LogP contribution >= 0.6 is 0 Å². The Morgan fingerprint density at radius 1 is 1.19 bits per heavy atom. The van der Waals surface area contributed by atoms with E-state index in [0.29, 0.717) is 5.69 Å². The molecule has 0 aliphatic heterocycles. The average molecular weight is 350 g/mol. The van der Waals surface area contributed by atoms with E-state index in [1.165, 1.54) is 30.2 Å². The minimum Gasteiger partial charge on any atom is -0.497 e. The van der Waals surface area contributed by atoms with Crippen molar-refractivity contribution in [2.45, 2.75) is 32.6 Å². The van der Waals surface area contributed by atoms with Gasteiger partial charge in [-0.1, -0.05) is 5.57 Å². The largest absolute Gasteiger partial charge is 0.497 e. The van der Waals surface area contributed by atoms with E-state index < -0.39 is 0 Å². The molecule has 1 heterocycles. The lowest BCUT2D eigenvalue weighted by Crippen LogP contribution is -2.19. The molecule has 0 atom stereocenters. The van der Waals surface area contributed by atoms with Crippen molar-refractivity contribution in [3.8, 4) is 17.0 Å². The highest BCUT2D eigenvalue weighted by molar-refractivity contribution is 5.93. The molecule has 3 rings (SSSR count). The van der Waals surface area contributed by atoms with Gasteiger partial charge in [0.05, 0.1) is 31.4 Å². The first-order valence-electron chi connectivity index (χ1n) is 8.66. The van der Waals surface area contributed by atoms with Gasteiger partial charge in [-0.15, -0.1) is 0 Å². The number of aromatic nitrogens is 2. The molecule has 26 heavy (non-hydrogen) atoms. The Bertz CT molecular complexity index is 841. The van der Waals surface area contributed by atoms with Crippen molar-refractivity contribution in [1.82, 2.24) is 15.4 Å². The van der Waals surface area contributed by atoms with Crippen LogP contribution in [0.15, 0.2) is 52.9 Å². The van der Waals surface area contributed by atoms with Gasteiger partial charge in [0.15, 0.2) is 0 Å². The van der Waals surface area contributed by atoms with E-state index in [4.69, 9.17) is 4.74 Å². The Morgan fingerprint density at radius 3 is 2.69 bits per heavy atom. The first-order valence-corrected chi connectivity index (χ1v) is 8.66. The van der Waals surface area contributed by atoms with Gasteiger partial charge in [0.2, 0.25) is 0 Å². The summed E-state index contributed by atoms with van der Waals surface area (Å²) in [4.78, 5) is 20.8. The molecule has 0 fully saturated rings. The molecule has 1 N–H and O–H groups in total. The molecule has 6 nitrogen and oxygen atoms in total. The van der Waals surface area contributed by atoms with Crippen LogP contribution in [0, 0.1) is 0 Å². The molecular weight excluding hydrogens is 328 g/mol. The van der Waals surface area contributed by atoms with Gasteiger partial charge >= 0.3 is 0 Å². The Hall–Kier alpha value is -3.02. The maximum absolute atomic E-state index is 12.3. The van der Waals surface area contributed by atoms with Crippen LogP contribution in [0.25, 0.3) is 11.3 Å². The van der Waals surface area contributed by atoms with Crippen LogP contribution in [0.1, 0.15) is 43.1 Å². The highest BCUT2D eigenvalue weighted by atomic mass is 16.5. The minimum absolute atomic E-state index is 0.227. The molecular formula is C20H22N4O2. The number of amides is 1. The summed E-state index contributed by atoms with van der Waals surface area (Å²) in [7, 11) is 1.62. The summed E-state index contributed by atoms with van der Waals surface area (Å²) in [5.74, 6) is 0.385. The van der Waals surface area contributed by atoms with Gasteiger partial charge < -0.3 is 4.74 Å². The molecule has 1 aromatic heterocycles. The number of ether oxygens (including phenoxy) is 1. The molecule has 0 saturated carbocycles. The minimum atomic E-state index is -0.377. The summed E-state index contributed by atoms with van der Waals surface area (Å²) in [5.41, 5.74) is 6.79. The fraction of sp³-hybridized carbons (Fsp3) is 0.300. The molecule has 6 heteroatoms. The number of allylic oxidation sites excluding steroid dienone is 2. The van der Waals surface area contributed by atoms with Gasteiger partial charge in [0.25, 0.3) is 5.91 Å². The maximum atomic E-state index is 12.3. The van der Waals surface area contributed by atoms with E-state index in [9.17, 15) is 4.79 Å². The Labute approximate surface area is 153 Å². The maximum Gasteiger partial charge on any atom is 0.291 e. The number of nitrogens with one attached hydrogen (secondary N) is 1. The van der Waals surface area contributed by atoms with Crippen LogP contribution < -0.4 is 10.2 Å². The van der Waals surface area contributed by atoms with Gasteiger partial charge in [0, 0.05) is 5.56 Å². The van der Waals surface area contributed by atoms with Crippen LogP contribution in [0.5, 0.6) is 5.75 Å². The number of hydrazone groups is 1. The van der Waals surface area contributed by atoms with Crippen LogP contribution in [0.4, 0.5) is 0 Å². The molecule has 0 bridgehead atoms. The van der Waals surface area contributed by atoms with Gasteiger partial charge in [-0.25, -0.2) is 10.4 Å². The standard InChI is InChI=1S/C20H22N4O2/c1-14-5-3-4-6-16(14)11-22-24-20(25)19-13-21-12-18(23-19)15-7-9-17(26-2)10-8-15/h7-13H,3-6H2,1-2H3,(H,24,25)/b22-11+. The van der Waals surface area contributed by atoms with Crippen LogP contribution in [-0.2, 0) is 0 Å². The molecule has 0 saturated heterocycles. The third-order valence-corrected chi connectivity index (χ3v) is 4.44. The van der Waals surface area contributed by atoms with E-state index in [0.717, 1.165) is 24.2 Å². The number of methoxy groups -OCH3 is 1. The number of hydrogen-bond donors (Lipinski definition) is 1. The summed E-state index contributed by atoms with van der Waals surface area (Å²) in [6, 6.07) is 7.44. The number of benzene rings is 1. The van der Waals surface area contributed by atoms with Crippen molar-refractivity contribution in [1.29, 1.82) is 0 Å². The van der Waals surface area contributed by atoms with Crippen molar-refractivity contribution in [3.05, 3.63) is 53.5 Å². The van der Waals surface area contributed by atoms with E-state index in [-0.39, 0.29) is 11.6 Å². The van der Waals surface area contributed by atoms with Crippen molar-refractivity contribution in [2.24, 2.45) is 5.10 Å². The van der Waals surface area contributed by atoms with Gasteiger partial charge in [0.1, 0.15) is 11.4 Å². The van der Waals surface area contributed by atoms with E-state index in [1.807, 2.05) is 24.3 Å². The molecule has 1 aliphatic rings. The molecule has 2 aromatic rings. The van der Waals surface area contributed by atoms with E-state index >= 15 is 0 Å². The molecule has 1 aromatic carbocycles. The summed E-state index contributed by atoms with van der Waals surface area (Å²) in [6.07, 6.45) is 9.31. The van der Waals surface area contributed by atoms with Gasteiger partial charge in [-0.05, 0) is 62.4 Å². The van der Waals surface area contributed by atoms with Crippen LogP contribution in [-0.4, -0.2) is 29.2 Å². The lowest BCUT2D eigenvalue weighted by molar-refractivity contribution is 0.0950. The lowest BCUT2D eigenvalue weighted by Gasteiger charge is -2.13. The molecule has 0 spiro atoms. The first-order chi connectivity index (χ1) is 12.7. The van der Waals surface area contributed by atoms with Crippen molar-refractivity contribution >= 4 is 12.1 Å². The quantitative estimate of drug-likeness (QED) is 0.658. The number of nitrogens with zero attached hydrogens (tertiary/aromatic N) is 3. The van der Waals surface area contributed by atoms with E-state index in [1.54, 1.807) is 19.5 Å². The van der Waals surface area contributed by atoms with Crippen molar-refractivity contribution < 1.29 is 9.53 Å². The topological polar surface area (TPSA) is 76.5 Å². The number of carbonyl (C=O) groups excluding carboxylic acids is 1. The Kier molecular flexibility index (Phi) is 5.73. The zero-order valence-electron chi connectivity index (χ0n) is 15.0. The average Bonchev–Trinajstić information content (AvgIpc) is 2.69.